The maximum atomic E-state index is 11.1. The molecule has 5 aromatic rings. The van der Waals surface area contributed by atoms with E-state index in [1.807, 2.05) is 44.2 Å². The van der Waals surface area contributed by atoms with E-state index in [4.69, 9.17) is 3.50 Å². The second-order valence-corrected chi connectivity index (χ2v) is 19.1. The Kier molecular flexibility index (Phi) is 12.3. The van der Waals surface area contributed by atoms with Gasteiger partial charge in [0.1, 0.15) is 5.75 Å². The van der Waals surface area contributed by atoms with Gasteiger partial charge in [-0.1, -0.05) is 79.6 Å². The molecule has 4 aromatic carbocycles. The SMILES string of the molecule is CC(C)([CH]=[Mo]=[N]C12CC3CC(CC(C3)C1)C2)c1ccccc1.Cc1cc(C)c(-c2cccc(-c3c(C)cc(C)cc3C)c2O)c(C)c1.Cc1ccc(C)[n-]1. The molecular weight excluding hydrogens is 741 g/mol. The van der Waals surface area contributed by atoms with Gasteiger partial charge < -0.3 is 10.1 Å². The number of phenolic OH excluding ortho intramolecular Hbond substituents is 1. The predicted molar refractivity (Wildman–Crippen MR) is 225 cm³/mol. The average molecular weight is 802 g/mol. The number of aryl methyl sites for hydroxylation is 8. The number of rotatable bonds is 5. The second-order valence-electron chi connectivity index (χ2n) is 17.5. The fourth-order valence-corrected chi connectivity index (χ4v) is 12.3. The molecule has 0 unspecified atom stereocenters. The van der Waals surface area contributed by atoms with E-state index in [-0.39, 0.29) is 23.3 Å². The molecule has 3 nitrogen and oxygen atoms in total. The van der Waals surface area contributed by atoms with Crippen LogP contribution in [0, 0.1) is 73.1 Å². The largest absolute Gasteiger partial charge is 0.665 e. The normalized spacial score (nSPS) is 21.0. The Morgan fingerprint density at radius 3 is 1.44 bits per heavy atom. The summed E-state index contributed by atoms with van der Waals surface area (Å²) in [6, 6.07) is 29.7. The first-order valence-corrected chi connectivity index (χ1v) is 22.0. The summed E-state index contributed by atoms with van der Waals surface area (Å²) in [5, 5.41) is 11.1. The van der Waals surface area contributed by atoms with Gasteiger partial charge in [0.15, 0.2) is 0 Å². The van der Waals surface area contributed by atoms with Crippen molar-refractivity contribution in [3.8, 4) is 28.0 Å². The molecule has 9 rings (SSSR count). The minimum atomic E-state index is -0.353. The number of aromatic nitrogens is 1. The molecule has 1 heterocycles. The second kappa shape index (κ2) is 16.6. The van der Waals surface area contributed by atoms with Crippen LogP contribution in [0.2, 0.25) is 0 Å². The van der Waals surface area contributed by atoms with Crippen LogP contribution < -0.4 is 4.98 Å². The van der Waals surface area contributed by atoms with Gasteiger partial charge in [-0.3, -0.25) is 0 Å². The van der Waals surface area contributed by atoms with Crippen molar-refractivity contribution in [2.45, 2.75) is 119 Å². The fourth-order valence-electron chi connectivity index (χ4n) is 10.1. The first-order valence-electron chi connectivity index (χ1n) is 20.0. The van der Waals surface area contributed by atoms with Crippen LogP contribution in [-0.2, 0) is 23.3 Å². The van der Waals surface area contributed by atoms with Crippen LogP contribution in [0.1, 0.15) is 103 Å². The maximum Gasteiger partial charge on any atom is 0.131 e. The zero-order valence-corrected chi connectivity index (χ0v) is 36.4. The number of aromatic hydroxyl groups is 1. The van der Waals surface area contributed by atoms with E-state index in [1.54, 1.807) is 0 Å². The molecule has 4 saturated carbocycles. The van der Waals surface area contributed by atoms with E-state index in [0.29, 0.717) is 11.3 Å². The Morgan fingerprint density at radius 2 is 1.06 bits per heavy atom. The van der Waals surface area contributed by atoms with Crippen LogP contribution in [0.5, 0.6) is 5.75 Å². The minimum absolute atomic E-state index is 0.176. The van der Waals surface area contributed by atoms with Gasteiger partial charge >= 0.3 is 143 Å². The third-order valence-corrected chi connectivity index (χ3v) is 14.9. The Balaban J connectivity index is 0.000000157. The molecule has 4 fully saturated rings. The van der Waals surface area contributed by atoms with Crippen molar-refractivity contribution < 1.29 is 23.0 Å². The van der Waals surface area contributed by atoms with Gasteiger partial charge in [-0.2, -0.15) is 11.4 Å². The maximum absolute atomic E-state index is 11.1. The van der Waals surface area contributed by atoms with Crippen molar-refractivity contribution in [1.82, 2.24) is 4.98 Å². The smallest absolute Gasteiger partial charge is 0.131 e. The molecular formula is C50H61MoN2O-. The molecule has 54 heavy (non-hydrogen) atoms. The molecule has 0 radical (unpaired) electrons. The van der Waals surface area contributed by atoms with Crippen molar-refractivity contribution in [3.05, 3.63) is 135 Å². The Hall–Kier alpha value is -3.68. The number of phenols is 1. The van der Waals surface area contributed by atoms with Crippen molar-refractivity contribution in [2.75, 3.05) is 0 Å². The van der Waals surface area contributed by atoms with Crippen molar-refractivity contribution in [2.24, 2.45) is 21.2 Å². The summed E-state index contributed by atoms with van der Waals surface area (Å²) in [6.07, 6.45) is 8.83. The Bertz CT molecular complexity index is 1990. The first kappa shape index (κ1) is 40.0. The van der Waals surface area contributed by atoms with E-state index in [0.717, 1.165) is 51.4 Å². The average Bonchev–Trinajstić information content (AvgIpc) is 3.47. The van der Waals surface area contributed by atoms with E-state index < -0.39 is 0 Å². The van der Waals surface area contributed by atoms with E-state index >= 15 is 0 Å². The van der Waals surface area contributed by atoms with Crippen molar-refractivity contribution in [1.29, 1.82) is 0 Å². The van der Waals surface area contributed by atoms with Gasteiger partial charge in [0.2, 0.25) is 0 Å². The number of hydrogen-bond acceptors (Lipinski definition) is 2. The number of para-hydroxylation sites is 1. The summed E-state index contributed by atoms with van der Waals surface area (Å²) in [4.78, 5) is 4.11. The molecule has 4 aliphatic rings. The minimum Gasteiger partial charge on any atom is -0.665 e. The quantitative estimate of drug-likeness (QED) is 0.180. The van der Waals surface area contributed by atoms with E-state index in [1.165, 1.54) is 77.5 Å². The van der Waals surface area contributed by atoms with Crippen LogP contribution in [0.4, 0.5) is 0 Å². The molecule has 0 atom stereocenters. The first-order chi connectivity index (χ1) is 25.6. The van der Waals surface area contributed by atoms with E-state index in [9.17, 15) is 5.11 Å². The molecule has 0 spiro atoms. The van der Waals surface area contributed by atoms with Gasteiger partial charge in [-0.15, -0.1) is 0 Å². The van der Waals surface area contributed by atoms with Gasteiger partial charge in [0.25, 0.3) is 0 Å². The third kappa shape index (κ3) is 9.22. The molecule has 1 aromatic heterocycles. The van der Waals surface area contributed by atoms with Crippen LogP contribution >= 0.6 is 0 Å². The molecule has 4 aliphatic carbocycles. The van der Waals surface area contributed by atoms with Gasteiger partial charge in [0.05, 0.1) is 0 Å². The van der Waals surface area contributed by atoms with Crippen molar-refractivity contribution in [3.63, 3.8) is 0 Å². The zero-order chi connectivity index (χ0) is 38.8. The predicted octanol–water partition coefficient (Wildman–Crippen LogP) is 12.8. The summed E-state index contributed by atoms with van der Waals surface area (Å²) in [7, 11) is 0. The number of nitrogens with zero attached hydrogens (tertiary/aromatic N) is 2. The summed E-state index contributed by atoms with van der Waals surface area (Å²) >= 11 is -0.353. The van der Waals surface area contributed by atoms with E-state index in [2.05, 4.69) is 119 Å². The third-order valence-electron chi connectivity index (χ3n) is 12.0. The Labute approximate surface area is 334 Å². The molecule has 4 heteroatoms. The molecule has 0 aliphatic heterocycles. The van der Waals surface area contributed by atoms with Crippen LogP contribution in [0.15, 0.2) is 88.4 Å². The summed E-state index contributed by atoms with van der Waals surface area (Å²) < 4.78 is 7.96. The summed E-state index contributed by atoms with van der Waals surface area (Å²) in [5.74, 6) is 3.42. The Morgan fingerprint density at radius 1 is 0.630 bits per heavy atom. The topological polar surface area (TPSA) is 46.7 Å². The number of hydrogen-bond donors (Lipinski definition) is 1. The molecule has 4 bridgehead atoms. The number of benzene rings is 4. The van der Waals surface area contributed by atoms with Gasteiger partial charge in [-0.25, -0.2) is 0 Å². The summed E-state index contributed by atoms with van der Waals surface area (Å²) in [5.41, 5.74) is 15.6. The van der Waals surface area contributed by atoms with Gasteiger partial charge in [0, 0.05) is 11.1 Å². The van der Waals surface area contributed by atoms with Gasteiger partial charge in [-0.05, 0) is 74.9 Å². The standard InChI is InChI=1S/C24H26O.C10H15N.C10H12.C6H8N.Mo/c1-14-10-16(3)22(17(4)11-14)20-8-7-9-21(24(20)25)23-18(5)12-15(2)13-19(23)6;11-10-4-7-1-8(5-10)3-9(2-7)6-10;1-10(2,3)9-7-5-4-6-8-9;1-5-3-4-6(2)7-5;/h7-13,25H,1-6H3;7-9H,1-6H2;1,4-8H,2-3H3;3-4H,1-2H3;/q;;;-1;. The molecule has 0 amide bonds. The monoisotopic (exact) mass is 803 g/mol. The van der Waals surface area contributed by atoms with Crippen LogP contribution in [0.3, 0.4) is 0 Å². The zero-order valence-electron chi connectivity index (χ0n) is 34.4. The van der Waals surface area contributed by atoms with Crippen molar-refractivity contribution >= 4 is 4.40 Å². The molecule has 284 valence electrons. The van der Waals surface area contributed by atoms with Crippen LogP contribution in [0.25, 0.3) is 22.3 Å². The fraction of sp³-hybridized carbons (Fsp3) is 0.420. The summed E-state index contributed by atoms with van der Waals surface area (Å²) in [6.45, 7) is 21.4. The molecule has 0 saturated heterocycles. The van der Waals surface area contributed by atoms with Crippen LogP contribution in [-0.4, -0.2) is 15.0 Å². The molecule has 1 N–H and O–H groups in total.